The molecule has 3 aromatic rings. The SMILES string of the molecule is O=C(Cc1ccc(F)cc1)N1CC[C@@H](c2nc3c(c(=O)[nH]2)CCN(Cc2cccnc2)C3)C1. The highest BCUT2D eigenvalue weighted by Crippen LogP contribution is 2.26. The summed E-state index contributed by atoms with van der Waals surface area (Å²) in [6, 6.07) is 10.00. The Labute approximate surface area is 191 Å². The van der Waals surface area contributed by atoms with Gasteiger partial charge in [-0.05, 0) is 42.2 Å². The van der Waals surface area contributed by atoms with E-state index in [-0.39, 0.29) is 29.6 Å². The van der Waals surface area contributed by atoms with Crippen LogP contribution in [0, 0.1) is 5.82 Å². The number of hydrogen-bond acceptors (Lipinski definition) is 5. The summed E-state index contributed by atoms with van der Waals surface area (Å²) in [6.45, 7) is 3.36. The number of amides is 1. The lowest BCUT2D eigenvalue weighted by Gasteiger charge is -2.28. The fourth-order valence-corrected chi connectivity index (χ4v) is 4.69. The van der Waals surface area contributed by atoms with Crippen LogP contribution in [0.15, 0.2) is 53.6 Å². The van der Waals surface area contributed by atoms with Crippen LogP contribution in [0.5, 0.6) is 0 Å². The van der Waals surface area contributed by atoms with Crippen LogP contribution >= 0.6 is 0 Å². The highest BCUT2D eigenvalue weighted by molar-refractivity contribution is 5.79. The van der Waals surface area contributed by atoms with Gasteiger partial charge < -0.3 is 9.88 Å². The van der Waals surface area contributed by atoms with Crippen molar-refractivity contribution in [3.8, 4) is 0 Å². The molecule has 1 amide bonds. The van der Waals surface area contributed by atoms with Crippen molar-refractivity contribution in [1.82, 2.24) is 24.8 Å². The number of aromatic nitrogens is 3. The zero-order valence-electron chi connectivity index (χ0n) is 18.3. The minimum Gasteiger partial charge on any atom is -0.342 e. The van der Waals surface area contributed by atoms with Gasteiger partial charge in [0, 0.05) is 56.6 Å². The van der Waals surface area contributed by atoms with Gasteiger partial charge in [0.15, 0.2) is 0 Å². The van der Waals surface area contributed by atoms with Crippen LogP contribution in [0.4, 0.5) is 4.39 Å². The number of rotatable bonds is 5. The lowest BCUT2D eigenvalue weighted by molar-refractivity contribution is -0.129. The number of hydrogen-bond donors (Lipinski definition) is 1. The molecule has 2 aliphatic heterocycles. The number of benzene rings is 1. The number of halogens is 1. The van der Waals surface area contributed by atoms with Crippen molar-refractivity contribution in [3.05, 3.63) is 93.2 Å². The van der Waals surface area contributed by atoms with E-state index in [1.807, 2.05) is 17.2 Å². The maximum Gasteiger partial charge on any atom is 0.254 e. The average Bonchev–Trinajstić information content (AvgIpc) is 3.32. The Balaban J connectivity index is 1.26. The number of fused-ring (bicyclic) bond motifs is 1. The van der Waals surface area contributed by atoms with Gasteiger partial charge >= 0.3 is 0 Å². The van der Waals surface area contributed by atoms with Gasteiger partial charge in [0.25, 0.3) is 5.56 Å². The van der Waals surface area contributed by atoms with Crippen molar-refractivity contribution in [2.75, 3.05) is 19.6 Å². The number of likely N-dealkylation sites (tertiary alicyclic amines) is 1. The van der Waals surface area contributed by atoms with Gasteiger partial charge in [-0.3, -0.25) is 19.5 Å². The molecule has 0 bridgehead atoms. The lowest BCUT2D eigenvalue weighted by atomic mass is 10.0. The minimum absolute atomic E-state index is 0.00654. The van der Waals surface area contributed by atoms with Gasteiger partial charge in [-0.15, -0.1) is 0 Å². The maximum absolute atomic E-state index is 13.1. The summed E-state index contributed by atoms with van der Waals surface area (Å²) < 4.78 is 13.1. The molecule has 0 aliphatic carbocycles. The summed E-state index contributed by atoms with van der Waals surface area (Å²) in [7, 11) is 0. The summed E-state index contributed by atoms with van der Waals surface area (Å²) in [6.07, 6.45) is 5.30. The van der Waals surface area contributed by atoms with Crippen molar-refractivity contribution in [3.63, 3.8) is 0 Å². The lowest BCUT2D eigenvalue weighted by Crippen LogP contribution is -2.36. The summed E-state index contributed by atoms with van der Waals surface area (Å²) >= 11 is 0. The van der Waals surface area contributed by atoms with E-state index < -0.39 is 0 Å². The van der Waals surface area contributed by atoms with Gasteiger partial charge in [-0.2, -0.15) is 0 Å². The minimum atomic E-state index is -0.311. The predicted octanol–water partition coefficient (Wildman–Crippen LogP) is 2.42. The summed E-state index contributed by atoms with van der Waals surface area (Å²) in [5, 5.41) is 0. The van der Waals surface area contributed by atoms with E-state index in [2.05, 4.69) is 20.9 Å². The molecular weight excluding hydrogens is 421 g/mol. The van der Waals surface area contributed by atoms with Crippen molar-refractivity contribution < 1.29 is 9.18 Å². The first-order chi connectivity index (χ1) is 16.0. The summed E-state index contributed by atoms with van der Waals surface area (Å²) in [5.74, 6) is 0.369. The van der Waals surface area contributed by atoms with E-state index in [1.165, 1.54) is 12.1 Å². The van der Waals surface area contributed by atoms with Crippen molar-refractivity contribution in [2.45, 2.75) is 38.3 Å². The number of carbonyl (C=O) groups is 1. The molecule has 1 saturated heterocycles. The smallest absolute Gasteiger partial charge is 0.254 e. The number of nitrogens with one attached hydrogen (secondary N) is 1. The van der Waals surface area contributed by atoms with E-state index >= 15 is 0 Å². The Bertz CT molecular complexity index is 1200. The zero-order chi connectivity index (χ0) is 22.8. The molecule has 1 atom stereocenters. The first-order valence-corrected chi connectivity index (χ1v) is 11.3. The molecule has 2 aliphatic rings. The van der Waals surface area contributed by atoms with Crippen LogP contribution in [0.1, 0.15) is 40.5 Å². The molecular formula is C25H26FN5O2. The van der Waals surface area contributed by atoms with E-state index in [4.69, 9.17) is 4.98 Å². The summed E-state index contributed by atoms with van der Waals surface area (Å²) in [5.41, 5.74) is 3.46. The van der Waals surface area contributed by atoms with Crippen LogP contribution in [0.25, 0.3) is 0 Å². The highest BCUT2D eigenvalue weighted by atomic mass is 19.1. The molecule has 0 spiro atoms. The second-order valence-electron chi connectivity index (χ2n) is 8.83. The molecule has 0 radical (unpaired) electrons. The quantitative estimate of drug-likeness (QED) is 0.650. The third kappa shape index (κ3) is 4.85. The second-order valence-corrected chi connectivity index (χ2v) is 8.83. The standard InChI is InChI=1S/C25H26FN5O2/c26-20-5-3-17(4-6-20)12-23(32)31-11-7-19(15-31)24-28-22-16-30(10-8-21(22)25(33)29-24)14-18-2-1-9-27-13-18/h1-6,9,13,19H,7-8,10-12,14-16H2,(H,28,29,33)/t19-/m1/s1. The van der Waals surface area contributed by atoms with Crippen LogP contribution < -0.4 is 5.56 Å². The molecule has 0 unspecified atom stereocenters. The topological polar surface area (TPSA) is 82.2 Å². The largest absolute Gasteiger partial charge is 0.342 e. The second kappa shape index (κ2) is 9.23. The molecule has 4 heterocycles. The van der Waals surface area contributed by atoms with Gasteiger partial charge in [-0.1, -0.05) is 18.2 Å². The Hall–Kier alpha value is -3.39. The molecule has 8 heteroatoms. The zero-order valence-corrected chi connectivity index (χ0v) is 18.3. The van der Waals surface area contributed by atoms with Crippen molar-refractivity contribution >= 4 is 5.91 Å². The normalized spacial score (nSPS) is 18.3. The molecule has 1 aromatic carbocycles. The first kappa shape index (κ1) is 21.5. The maximum atomic E-state index is 13.1. The fourth-order valence-electron chi connectivity index (χ4n) is 4.69. The molecule has 1 fully saturated rings. The third-order valence-electron chi connectivity index (χ3n) is 6.50. The molecule has 170 valence electrons. The van der Waals surface area contributed by atoms with Crippen molar-refractivity contribution in [2.24, 2.45) is 0 Å². The average molecular weight is 448 g/mol. The number of H-pyrrole nitrogens is 1. The number of aromatic amines is 1. The van der Waals surface area contributed by atoms with Crippen molar-refractivity contribution in [1.29, 1.82) is 0 Å². The van der Waals surface area contributed by atoms with Gasteiger partial charge in [0.1, 0.15) is 11.6 Å². The Morgan fingerprint density at radius 3 is 2.79 bits per heavy atom. The van der Waals surface area contributed by atoms with E-state index in [0.29, 0.717) is 31.9 Å². The monoisotopic (exact) mass is 447 g/mol. The van der Waals surface area contributed by atoms with Crippen LogP contribution in [-0.4, -0.2) is 50.3 Å². The highest BCUT2D eigenvalue weighted by Gasteiger charge is 2.30. The fraction of sp³-hybridized carbons (Fsp3) is 0.360. The van der Waals surface area contributed by atoms with Gasteiger partial charge in [0.2, 0.25) is 5.91 Å². The molecule has 1 N–H and O–H groups in total. The van der Waals surface area contributed by atoms with Crippen LogP contribution in [-0.2, 0) is 30.7 Å². The Kier molecular flexibility index (Phi) is 6.00. The van der Waals surface area contributed by atoms with Gasteiger partial charge in [0.05, 0.1) is 12.1 Å². The van der Waals surface area contributed by atoms with E-state index in [9.17, 15) is 14.0 Å². The summed E-state index contributed by atoms with van der Waals surface area (Å²) in [4.78, 5) is 41.6. The molecule has 7 nitrogen and oxygen atoms in total. The number of pyridine rings is 1. The molecule has 2 aromatic heterocycles. The predicted molar refractivity (Wildman–Crippen MR) is 121 cm³/mol. The number of carbonyl (C=O) groups excluding carboxylic acids is 1. The van der Waals surface area contributed by atoms with Crippen LogP contribution in [0.3, 0.4) is 0 Å². The Morgan fingerprint density at radius 1 is 1.15 bits per heavy atom. The molecule has 33 heavy (non-hydrogen) atoms. The first-order valence-electron chi connectivity index (χ1n) is 11.3. The third-order valence-corrected chi connectivity index (χ3v) is 6.50. The number of nitrogens with zero attached hydrogens (tertiary/aromatic N) is 4. The van der Waals surface area contributed by atoms with E-state index in [1.54, 1.807) is 18.3 Å². The molecule has 5 rings (SSSR count). The van der Waals surface area contributed by atoms with Gasteiger partial charge in [-0.25, -0.2) is 9.37 Å². The molecule has 0 saturated carbocycles. The Morgan fingerprint density at radius 2 is 2.00 bits per heavy atom. The van der Waals surface area contributed by atoms with E-state index in [0.717, 1.165) is 41.9 Å². The van der Waals surface area contributed by atoms with Crippen LogP contribution in [0.2, 0.25) is 0 Å².